The van der Waals surface area contributed by atoms with Crippen LogP contribution in [0.2, 0.25) is 0 Å². The second kappa shape index (κ2) is 2.44. The third kappa shape index (κ3) is 23.0. The van der Waals surface area contributed by atoms with Gasteiger partial charge in [0.15, 0.2) is 0 Å². The standard InChI is InChI=1S/3P.Ru.S. The summed E-state index contributed by atoms with van der Waals surface area (Å²) in [6, 6.07) is 0. The molecule has 0 bridgehead atoms. The van der Waals surface area contributed by atoms with Crippen LogP contribution in [-0.2, 0) is 9.45 Å². The molecule has 0 aliphatic rings. The van der Waals surface area contributed by atoms with Gasteiger partial charge in [-0.05, 0) is 0 Å². The zero-order valence-electron chi connectivity index (χ0n) is 2.10. The van der Waals surface area contributed by atoms with E-state index in [1.807, 2.05) is 0 Å². The molecule has 29 valence electrons. The summed E-state index contributed by atoms with van der Waals surface area (Å²) in [6.45, 7) is 11.5. The van der Waals surface area contributed by atoms with Gasteiger partial charge >= 0.3 is 40.3 Å². The minimum atomic E-state index is -2.19. The molecule has 0 rings (SSSR count). The molecular formula is P3RuS. The molecule has 0 N–H and O–H groups in total. The fourth-order valence-electron chi connectivity index (χ4n) is 0. The summed E-state index contributed by atoms with van der Waals surface area (Å²) in [6.07, 6.45) is 0. The first-order valence-corrected chi connectivity index (χ1v) is 11.0. The van der Waals surface area contributed by atoms with Crippen molar-refractivity contribution in [1.82, 2.24) is 0 Å². The van der Waals surface area contributed by atoms with E-state index in [0.717, 1.165) is 0 Å². The first-order valence-electron chi connectivity index (χ1n) is 0.619. The molecule has 0 aliphatic heterocycles. The summed E-state index contributed by atoms with van der Waals surface area (Å²) in [7, 11) is 2.40. The first kappa shape index (κ1) is 7.13. The Morgan fingerprint density at radius 3 is 1.20 bits per heavy atom. The second-order valence-corrected chi connectivity index (χ2v) is 21.6. The molecule has 5 heteroatoms. The number of hydrogen-bond donors (Lipinski definition) is 0. The van der Waals surface area contributed by atoms with E-state index in [1.54, 1.807) is 0 Å². The Labute approximate surface area is 40.3 Å². The molecule has 0 spiro atoms. The molecule has 0 saturated heterocycles. The fraction of sp³-hybridized carbons (Fsp3) is 0. The van der Waals surface area contributed by atoms with E-state index in [2.05, 4.69) is 30.8 Å². The molecular weight excluding hydrogens is 226 g/mol. The monoisotopic (exact) mass is 227 g/mol. The van der Waals surface area contributed by atoms with Crippen molar-refractivity contribution in [1.29, 1.82) is 0 Å². The Balaban J connectivity index is 8.08. The van der Waals surface area contributed by atoms with Crippen molar-refractivity contribution < 1.29 is 9.45 Å². The van der Waals surface area contributed by atoms with E-state index in [-0.39, 0.29) is 0 Å². The van der Waals surface area contributed by atoms with Gasteiger partial charge in [-0.2, -0.15) is 0 Å². The summed E-state index contributed by atoms with van der Waals surface area (Å²) >= 11 is 0. The fourth-order valence-corrected chi connectivity index (χ4v) is 0. The summed E-state index contributed by atoms with van der Waals surface area (Å²) < 4.78 is 0. The topological polar surface area (TPSA) is 0 Å². The van der Waals surface area contributed by atoms with E-state index >= 15 is 0 Å². The van der Waals surface area contributed by atoms with Crippen LogP contribution >= 0.6 is 30.8 Å². The Bertz CT molecular complexity index is 411. The Morgan fingerprint density at radius 2 is 1.20 bits per heavy atom. The van der Waals surface area contributed by atoms with Crippen molar-refractivity contribution >= 4 is 30.8 Å². The average Bonchev–Trinajstić information content (AvgIpc) is 0.722. The molecule has 0 unspecified atom stereocenters. The van der Waals surface area contributed by atoms with Gasteiger partial charge in [-0.3, -0.25) is 0 Å². The van der Waals surface area contributed by atoms with Crippen LogP contribution in [0.25, 0.3) is 0 Å². The molecule has 5 heavy (non-hydrogen) atoms. The molecule has 0 amide bonds. The van der Waals surface area contributed by atoms with Gasteiger partial charge in [-0.25, -0.2) is 0 Å². The molecule has 0 heterocycles. The SMILES string of the molecule is [P]#[Ru](#[P])(#[P])=[S]. The van der Waals surface area contributed by atoms with Gasteiger partial charge in [0, 0.05) is 0 Å². The summed E-state index contributed by atoms with van der Waals surface area (Å²) in [5, 5.41) is 0. The van der Waals surface area contributed by atoms with Crippen LogP contribution in [0.1, 0.15) is 0 Å². The van der Waals surface area contributed by atoms with Gasteiger partial charge < -0.3 is 0 Å². The molecule has 0 aromatic heterocycles. The van der Waals surface area contributed by atoms with E-state index in [1.165, 1.54) is 0 Å². The van der Waals surface area contributed by atoms with Crippen LogP contribution in [0, 0.1) is 0 Å². The van der Waals surface area contributed by atoms with Crippen molar-refractivity contribution in [2.24, 2.45) is 0 Å². The van der Waals surface area contributed by atoms with Crippen molar-refractivity contribution in [3.8, 4) is 0 Å². The molecule has 0 aromatic carbocycles. The third-order valence-corrected chi connectivity index (χ3v) is 0. The van der Waals surface area contributed by atoms with Gasteiger partial charge in [0.1, 0.15) is 0 Å². The first-order chi connectivity index (χ1) is 2.00. The summed E-state index contributed by atoms with van der Waals surface area (Å²) in [5.41, 5.74) is 0. The van der Waals surface area contributed by atoms with Gasteiger partial charge in [0.25, 0.3) is 0 Å². The van der Waals surface area contributed by atoms with Crippen LogP contribution < -0.4 is 0 Å². The average molecular weight is 226 g/mol. The quantitative estimate of drug-likeness (QED) is 0.451. The van der Waals surface area contributed by atoms with E-state index in [4.69, 9.17) is 0 Å². The number of hydrogen-bond acceptors (Lipinski definition) is 1. The van der Waals surface area contributed by atoms with Crippen molar-refractivity contribution in [3.05, 3.63) is 0 Å². The van der Waals surface area contributed by atoms with E-state index in [0.29, 0.717) is 0 Å². The molecule has 0 nitrogen and oxygen atoms in total. The summed E-state index contributed by atoms with van der Waals surface area (Å²) in [4.78, 5) is 0. The minimum absolute atomic E-state index is 2.19. The maximum absolute atomic E-state index is 4.59. The third-order valence-electron chi connectivity index (χ3n) is 0. The van der Waals surface area contributed by atoms with Gasteiger partial charge in [0.05, 0.1) is 0 Å². The molecule has 0 radical (unpaired) electrons. The number of rotatable bonds is 0. The summed E-state index contributed by atoms with van der Waals surface area (Å²) in [5.74, 6) is 0. The van der Waals surface area contributed by atoms with Crippen LogP contribution in [-0.4, -0.2) is 0 Å². The van der Waals surface area contributed by atoms with Crippen molar-refractivity contribution in [3.63, 3.8) is 0 Å². The van der Waals surface area contributed by atoms with Crippen LogP contribution in [0.4, 0.5) is 0 Å². The molecule has 0 aliphatic carbocycles. The maximum atomic E-state index is 4.59. The van der Waals surface area contributed by atoms with Gasteiger partial charge in [-0.15, -0.1) is 0 Å². The normalized spacial score (nSPS) is 7.40. The molecule has 0 saturated carbocycles. The van der Waals surface area contributed by atoms with Crippen LogP contribution in [0.15, 0.2) is 0 Å². The Hall–Kier alpha value is 2.13. The van der Waals surface area contributed by atoms with Crippen molar-refractivity contribution in [2.45, 2.75) is 0 Å². The zero-order chi connectivity index (χ0) is 4.50. The predicted octanol–water partition coefficient (Wildman–Crippen LogP) is 3.23. The van der Waals surface area contributed by atoms with Gasteiger partial charge in [-0.1, -0.05) is 0 Å². The van der Waals surface area contributed by atoms with Gasteiger partial charge in [0.2, 0.25) is 0 Å². The van der Waals surface area contributed by atoms with E-state index in [9.17, 15) is 0 Å². The second-order valence-electron chi connectivity index (χ2n) is 0.406. The Morgan fingerprint density at radius 1 is 1.20 bits per heavy atom. The Kier molecular flexibility index (Phi) is 3.49. The van der Waals surface area contributed by atoms with Crippen LogP contribution in [0.5, 0.6) is 0 Å². The van der Waals surface area contributed by atoms with Crippen molar-refractivity contribution in [2.75, 3.05) is 0 Å². The molecule has 0 fully saturated rings. The van der Waals surface area contributed by atoms with Crippen LogP contribution in [0.3, 0.4) is 0 Å². The molecule has 0 atom stereocenters. The predicted molar refractivity (Wildman–Crippen MR) is 28.4 cm³/mol. The molecule has 0 aromatic rings. The van der Waals surface area contributed by atoms with E-state index < -0.39 is 9.45 Å². The zero-order valence-corrected chi connectivity index (χ0v) is 7.34.